The molecule has 1 amide bonds. The maximum Gasteiger partial charge on any atom is 0.254 e. The highest BCUT2D eigenvalue weighted by atomic mass is 35.5. The first-order valence-corrected chi connectivity index (χ1v) is 10.5. The third kappa shape index (κ3) is 6.34. The molecule has 1 N–H and O–H groups in total. The van der Waals surface area contributed by atoms with Crippen molar-refractivity contribution in [2.75, 3.05) is 26.3 Å². The molecular weight excluding hydrogens is 402 g/mol. The Labute approximate surface area is 185 Å². The average molecular weight is 434 g/mol. The summed E-state index contributed by atoms with van der Waals surface area (Å²) in [7, 11) is 0. The van der Waals surface area contributed by atoms with E-state index in [9.17, 15) is 4.79 Å². The Bertz CT molecular complexity index is 781. The van der Waals surface area contributed by atoms with Crippen molar-refractivity contribution in [1.82, 2.24) is 15.2 Å². The second-order valence-electron chi connectivity index (χ2n) is 7.12. The summed E-state index contributed by atoms with van der Waals surface area (Å²) in [5.41, 5.74) is 1.51. The molecule has 0 spiro atoms. The van der Waals surface area contributed by atoms with Crippen LogP contribution in [-0.2, 0) is 6.54 Å². The Morgan fingerprint density at radius 1 is 1.10 bits per heavy atom. The van der Waals surface area contributed by atoms with E-state index in [1.807, 2.05) is 49.1 Å². The minimum Gasteiger partial charge on any atom is -0.490 e. The lowest BCUT2D eigenvalue weighted by atomic mass is 10.0. The molecule has 0 radical (unpaired) electrons. The van der Waals surface area contributed by atoms with E-state index in [0.29, 0.717) is 36.8 Å². The molecule has 1 atom stereocenters. The molecular formula is C23H32ClN3O3. The molecule has 30 heavy (non-hydrogen) atoms. The molecule has 0 saturated carbocycles. The molecule has 1 aromatic carbocycles. The van der Waals surface area contributed by atoms with E-state index >= 15 is 0 Å². The van der Waals surface area contributed by atoms with Gasteiger partial charge in [0.05, 0.1) is 25.5 Å². The van der Waals surface area contributed by atoms with Crippen molar-refractivity contribution in [3.05, 3.63) is 53.9 Å². The molecule has 1 aromatic heterocycles. The molecule has 1 saturated heterocycles. The van der Waals surface area contributed by atoms with Gasteiger partial charge in [0.25, 0.3) is 5.91 Å². The Kier molecular flexibility index (Phi) is 9.91. The SMILES string of the molecule is CCOc1ccc(C(=O)N(Cc2ccccn2)C2CCCNCC2)cc1OCC.Cl. The van der Waals surface area contributed by atoms with Crippen LogP contribution in [0.2, 0.25) is 0 Å². The van der Waals surface area contributed by atoms with Crippen LogP contribution in [0.4, 0.5) is 0 Å². The van der Waals surface area contributed by atoms with Gasteiger partial charge in [-0.05, 0) is 76.5 Å². The van der Waals surface area contributed by atoms with Gasteiger partial charge >= 0.3 is 0 Å². The maximum atomic E-state index is 13.6. The number of benzene rings is 1. The van der Waals surface area contributed by atoms with E-state index in [-0.39, 0.29) is 24.4 Å². The number of hydrogen-bond acceptors (Lipinski definition) is 5. The highest BCUT2D eigenvalue weighted by Gasteiger charge is 2.27. The minimum atomic E-state index is 0. The van der Waals surface area contributed by atoms with Crippen LogP contribution in [0.25, 0.3) is 0 Å². The fourth-order valence-electron chi connectivity index (χ4n) is 3.70. The summed E-state index contributed by atoms with van der Waals surface area (Å²) >= 11 is 0. The van der Waals surface area contributed by atoms with Crippen molar-refractivity contribution in [3.63, 3.8) is 0 Å². The third-order valence-corrected chi connectivity index (χ3v) is 5.10. The number of halogens is 1. The summed E-state index contributed by atoms with van der Waals surface area (Å²) in [6, 6.07) is 11.5. The van der Waals surface area contributed by atoms with Crippen molar-refractivity contribution in [2.45, 2.75) is 45.7 Å². The molecule has 164 valence electrons. The first-order valence-electron chi connectivity index (χ1n) is 10.5. The van der Waals surface area contributed by atoms with Gasteiger partial charge in [0.2, 0.25) is 0 Å². The summed E-state index contributed by atoms with van der Waals surface area (Å²) in [6.45, 7) is 7.35. The van der Waals surface area contributed by atoms with E-state index < -0.39 is 0 Å². The normalized spacial score (nSPS) is 16.1. The zero-order valence-electron chi connectivity index (χ0n) is 17.8. The van der Waals surface area contributed by atoms with Gasteiger partial charge in [0.1, 0.15) is 0 Å². The molecule has 1 fully saturated rings. The topological polar surface area (TPSA) is 63.7 Å². The van der Waals surface area contributed by atoms with Gasteiger partial charge in [-0.3, -0.25) is 9.78 Å². The standard InChI is InChI=1S/C23H31N3O3.ClH/c1-3-28-21-11-10-18(16-22(21)29-4-2)23(27)26(17-19-8-5-6-14-25-19)20-9-7-13-24-15-12-20;/h5-6,8,10-11,14,16,20,24H,3-4,7,9,12-13,15,17H2,1-2H3;1H. The van der Waals surface area contributed by atoms with Crippen molar-refractivity contribution in [2.24, 2.45) is 0 Å². The van der Waals surface area contributed by atoms with E-state index in [0.717, 1.165) is 38.0 Å². The first kappa shape index (κ1) is 24.0. The second-order valence-corrected chi connectivity index (χ2v) is 7.12. The summed E-state index contributed by atoms with van der Waals surface area (Å²) in [5.74, 6) is 1.29. The molecule has 0 aliphatic carbocycles. The second kappa shape index (κ2) is 12.4. The van der Waals surface area contributed by atoms with Crippen molar-refractivity contribution < 1.29 is 14.3 Å². The zero-order chi connectivity index (χ0) is 20.5. The first-order chi connectivity index (χ1) is 14.2. The summed E-state index contributed by atoms with van der Waals surface area (Å²) in [6.07, 6.45) is 4.76. The Morgan fingerprint density at radius 2 is 1.90 bits per heavy atom. The van der Waals surface area contributed by atoms with Gasteiger partial charge in [0.15, 0.2) is 11.5 Å². The van der Waals surface area contributed by atoms with Crippen LogP contribution in [0.5, 0.6) is 11.5 Å². The summed E-state index contributed by atoms with van der Waals surface area (Å²) in [5, 5.41) is 3.43. The monoisotopic (exact) mass is 433 g/mol. The Hall–Kier alpha value is -2.31. The molecule has 1 aliphatic heterocycles. The van der Waals surface area contributed by atoms with Crippen molar-refractivity contribution in [3.8, 4) is 11.5 Å². The van der Waals surface area contributed by atoms with Crippen LogP contribution in [0, 0.1) is 0 Å². The number of carbonyl (C=O) groups is 1. The van der Waals surface area contributed by atoms with Crippen LogP contribution >= 0.6 is 12.4 Å². The lowest BCUT2D eigenvalue weighted by Crippen LogP contribution is -2.40. The molecule has 2 aromatic rings. The summed E-state index contributed by atoms with van der Waals surface area (Å²) in [4.78, 5) is 20.0. The number of aromatic nitrogens is 1. The fraction of sp³-hybridized carbons (Fsp3) is 0.478. The van der Waals surface area contributed by atoms with Gasteiger partial charge in [-0.2, -0.15) is 0 Å². The highest BCUT2D eigenvalue weighted by molar-refractivity contribution is 5.95. The largest absolute Gasteiger partial charge is 0.490 e. The third-order valence-electron chi connectivity index (χ3n) is 5.10. The zero-order valence-corrected chi connectivity index (χ0v) is 18.6. The smallest absolute Gasteiger partial charge is 0.254 e. The molecule has 1 unspecified atom stereocenters. The number of nitrogens with zero attached hydrogens (tertiary/aromatic N) is 2. The van der Waals surface area contributed by atoms with Crippen molar-refractivity contribution in [1.29, 1.82) is 0 Å². The van der Waals surface area contributed by atoms with Gasteiger partial charge in [-0.25, -0.2) is 0 Å². The molecule has 7 heteroatoms. The molecule has 0 bridgehead atoms. The predicted octanol–water partition coefficient (Wildman–Crippen LogP) is 4.09. The highest BCUT2D eigenvalue weighted by Crippen LogP contribution is 2.30. The average Bonchev–Trinajstić information content (AvgIpc) is 3.03. The number of amides is 1. The summed E-state index contributed by atoms with van der Waals surface area (Å²) < 4.78 is 11.4. The molecule has 2 heterocycles. The Morgan fingerprint density at radius 3 is 2.63 bits per heavy atom. The number of hydrogen-bond donors (Lipinski definition) is 1. The number of carbonyl (C=O) groups excluding carboxylic acids is 1. The number of ether oxygens (including phenoxy) is 2. The van der Waals surface area contributed by atoms with Gasteiger partial charge in [-0.15, -0.1) is 12.4 Å². The molecule has 1 aliphatic rings. The van der Waals surface area contributed by atoms with Crippen LogP contribution in [0.15, 0.2) is 42.6 Å². The van der Waals surface area contributed by atoms with Crippen LogP contribution in [-0.4, -0.2) is 48.1 Å². The lowest BCUT2D eigenvalue weighted by molar-refractivity contribution is 0.0642. The number of nitrogens with one attached hydrogen (secondary N) is 1. The van der Waals surface area contributed by atoms with Crippen LogP contribution in [0.3, 0.4) is 0 Å². The number of pyridine rings is 1. The quantitative estimate of drug-likeness (QED) is 0.679. The van der Waals surface area contributed by atoms with Gasteiger partial charge < -0.3 is 19.7 Å². The number of rotatable bonds is 8. The van der Waals surface area contributed by atoms with E-state index in [4.69, 9.17) is 9.47 Å². The Balaban J connectivity index is 0.00000320. The lowest BCUT2D eigenvalue weighted by Gasteiger charge is -2.31. The van der Waals surface area contributed by atoms with Crippen LogP contribution < -0.4 is 14.8 Å². The minimum absolute atomic E-state index is 0. The van der Waals surface area contributed by atoms with E-state index in [1.54, 1.807) is 12.3 Å². The fourth-order valence-corrected chi connectivity index (χ4v) is 3.70. The molecule has 3 rings (SSSR count). The predicted molar refractivity (Wildman–Crippen MR) is 121 cm³/mol. The van der Waals surface area contributed by atoms with Crippen molar-refractivity contribution >= 4 is 18.3 Å². The van der Waals surface area contributed by atoms with E-state index in [2.05, 4.69) is 10.3 Å². The van der Waals surface area contributed by atoms with E-state index in [1.165, 1.54) is 0 Å². The molecule has 6 nitrogen and oxygen atoms in total. The van der Waals surface area contributed by atoms with Crippen LogP contribution in [0.1, 0.15) is 49.2 Å². The maximum absolute atomic E-state index is 13.6. The van der Waals surface area contributed by atoms with Gasteiger partial charge in [0, 0.05) is 17.8 Å². The van der Waals surface area contributed by atoms with Gasteiger partial charge in [-0.1, -0.05) is 6.07 Å².